The molecule has 14 nitrogen and oxygen atoms in total. The summed E-state index contributed by atoms with van der Waals surface area (Å²) in [6.07, 6.45) is 0. The van der Waals surface area contributed by atoms with Gasteiger partial charge in [-0.25, -0.2) is 16.8 Å². The number of aliphatic hydroxyl groups is 2. The Balaban J connectivity index is 0.000000181. The molecule has 2 atom stereocenters. The maximum Gasteiger partial charge on any atom is 0.252 e. The van der Waals surface area contributed by atoms with Gasteiger partial charge in [0.1, 0.15) is 8.42 Å². The number of nitrogens with one attached hydrogen (secondary N) is 2. The maximum absolute atomic E-state index is 13.0. The van der Waals surface area contributed by atoms with Crippen LogP contribution >= 0.6 is 22.7 Å². The number of hydrogen-bond acceptors (Lipinski definition) is 14. The molecule has 328 valence electrons. The van der Waals surface area contributed by atoms with Crippen molar-refractivity contribution in [3.8, 4) is 0 Å². The van der Waals surface area contributed by atoms with Gasteiger partial charge in [0.15, 0.2) is 0 Å². The minimum absolute atomic E-state index is 0.00192. The fourth-order valence-corrected chi connectivity index (χ4v) is 12.9. The highest BCUT2D eigenvalue weighted by Gasteiger charge is 2.37. The third-order valence-corrected chi connectivity index (χ3v) is 17.9. The van der Waals surface area contributed by atoms with Crippen molar-refractivity contribution in [3.05, 3.63) is 94.7 Å². The first kappa shape index (κ1) is 45.1. The molecule has 6 heterocycles. The molecule has 4 N–H and O–H groups in total. The van der Waals surface area contributed by atoms with Crippen LogP contribution in [0.2, 0.25) is 0 Å². The van der Waals surface area contributed by atoms with E-state index in [-0.39, 0.29) is 12.1 Å². The van der Waals surface area contributed by atoms with Crippen LogP contribution in [0.4, 0.5) is 11.4 Å². The number of nitrogens with zero attached hydrogens (tertiary/aromatic N) is 4. The first-order valence-electron chi connectivity index (χ1n) is 20.4. The van der Waals surface area contributed by atoms with Gasteiger partial charge in [0, 0.05) is 63.7 Å². The van der Waals surface area contributed by atoms with Crippen molar-refractivity contribution in [3.63, 3.8) is 0 Å². The molecular weight excluding hydrogens is 845 g/mol. The van der Waals surface area contributed by atoms with E-state index in [9.17, 15) is 27.0 Å². The Morgan fingerprint density at radius 2 is 0.967 bits per heavy atom. The molecule has 0 aliphatic carbocycles. The van der Waals surface area contributed by atoms with Gasteiger partial charge in [0.05, 0.1) is 61.8 Å². The zero-order chi connectivity index (χ0) is 42.7. The van der Waals surface area contributed by atoms with Gasteiger partial charge >= 0.3 is 0 Å². The number of piperazine rings is 2. The van der Waals surface area contributed by atoms with Crippen LogP contribution in [-0.2, 0) is 40.7 Å². The lowest BCUT2D eigenvalue weighted by Crippen LogP contribution is -2.60. The van der Waals surface area contributed by atoms with Crippen molar-refractivity contribution in [2.24, 2.45) is 0 Å². The Kier molecular flexibility index (Phi) is 14.1. The first-order chi connectivity index (χ1) is 28.5. The van der Waals surface area contributed by atoms with E-state index in [1.165, 1.54) is 22.7 Å². The number of thiophene rings is 2. The molecule has 8 rings (SSSR count). The second-order valence-electron chi connectivity index (χ2n) is 16.8. The maximum atomic E-state index is 13.0. The summed E-state index contributed by atoms with van der Waals surface area (Å²) in [7, 11) is -6.95. The third-order valence-electron chi connectivity index (χ3n) is 11.4. The molecule has 4 saturated heterocycles. The Bertz CT molecular complexity index is 2030. The minimum atomic E-state index is -3.47. The predicted molar refractivity (Wildman–Crippen MR) is 237 cm³/mol. The van der Waals surface area contributed by atoms with Crippen molar-refractivity contribution in [1.29, 1.82) is 0 Å². The molecule has 2 aromatic carbocycles. The molecular formula is C42H58N6O8S4. The number of benzene rings is 2. The highest BCUT2D eigenvalue weighted by molar-refractivity contribution is 7.91. The van der Waals surface area contributed by atoms with Crippen LogP contribution in [0.1, 0.15) is 38.8 Å². The molecule has 0 saturated carbocycles. The minimum Gasteiger partial charge on any atom is -0.386 e. The van der Waals surface area contributed by atoms with Gasteiger partial charge in [-0.05, 0) is 86.0 Å². The number of hydrogen-bond donors (Lipinski definition) is 4. The normalized spacial score (nSPS) is 21.6. The zero-order valence-corrected chi connectivity index (χ0v) is 37.9. The quantitative estimate of drug-likeness (QED) is 0.146. The van der Waals surface area contributed by atoms with Gasteiger partial charge in [-0.1, -0.05) is 36.4 Å². The summed E-state index contributed by atoms with van der Waals surface area (Å²) in [5.74, 6) is 0. The van der Waals surface area contributed by atoms with Gasteiger partial charge < -0.3 is 40.1 Å². The second-order valence-corrected chi connectivity index (χ2v) is 23.0. The molecule has 18 heteroatoms. The van der Waals surface area contributed by atoms with Gasteiger partial charge in [-0.15, -0.1) is 22.7 Å². The van der Waals surface area contributed by atoms with E-state index in [0.717, 1.165) is 22.5 Å². The summed E-state index contributed by atoms with van der Waals surface area (Å²) in [5.41, 5.74) is 1.99. The molecule has 0 amide bonds. The number of rotatable bonds is 14. The van der Waals surface area contributed by atoms with Crippen molar-refractivity contribution in [1.82, 2.24) is 19.2 Å². The molecule has 60 heavy (non-hydrogen) atoms. The molecule has 4 aliphatic rings. The lowest BCUT2D eigenvalue weighted by atomic mass is 9.98. The largest absolute Gasteiger partial charge is 0.386 e. The fraction of sp³-hybridized carbons (Fsp3) is 0.524. The molecule has 2 aromatic heterocycles. The highest BCUT2D eigenvalue weighted by atomic mass is 32.3. The highest BCUT2D eigenvalue weighted by Crippen LogP contribution is 2.31. The first-order valence-corrected chi connectivity index (χ1v) is 25.0. The summed E-state index contributed by atoms with van der Waals surface area (Å²) in [4.78, 5) is 4.53. The van der Waals surface area contributed by atoms with E-state index in [4.69, 9.17) is 9.47 Å². The van der Waals surface area contributed by atoms with Gasteiger partial charge in [0.25, 0.3) is 20.0 Å². The van der Waals surface area contributed by atoms with Crippen molar-refractivity contribution >= 4 is 54.1 Å². The third kappa shape index (κ3) is 10.6. The average Bonchev–Trinajstić information content (AvgIpc) is 3.94. The standard InChI is InChI=1S/2C21H29N3O4S2/c2*1-21(2,25)16-5-7-18(8-6-16)24-10-9-23(30(26,27)20-4-3-11-29-20)13-19(24)12-22-17-14-28-15-17/h2*3-8,11,17,19,22,25H,9-10,12-15H2,1-2H3/t2*19-/m00/s1. The summed E-state index contributed by atoms with van der Waals surface area (Å²) >= 11 is 2.52. The smallest absolute Gasteiger partial charge is 0.252 e. The van der Waals surface area contributed by atoms with Crippen LogP contribution in [0.15, 0.2) is 92.0 Å². The molecule has 4 fully saturated rings. The van der Waals surface area contributed by atoms with E-state index in [0.29, 0.717) is 99.3 Å². The van der Waals surface area contributed by atoms with Gasteiger partial charge in [-0.3, -0.25) is 0 Å². The summed E-state index contributed by atoms with van der Waals surface area (Å²) in [6, 6.07) is 23.3. The van der Waals surface area contributed by atoms with Gasteiger partial charge in [-0.2, -0.15) is 8.61 Å². The van der Waals surface area contributed by atoms with Crippen molar-refractivity contribution in [2.75, 3.05) is 88.6 Å². The predicted octanol–water partition coefficient (Wildman–Crippen LogP) is 3.69. The van der Waals surface area contributed by atoms with E-state index in [1.54, 1.807) is 71.3 Å². The summed E-state index contributed by atoms with van der Waals surface area (Å²) in [5, 5.41) is 31.1. The topological polar surface area (TPSA) is 164 Å². The van der Waals surface area contributed by atoms with Gasteiger partial charge in [0.2, 0.25) is 0 Å². The van der Waals surface area contributed by atoms with E-state index in [1.807, 2.05) is 48.5 Å². The van der Waals surface area contributed by atoms with Crippen molar-refractivity contribution < 1.29 is 36.5 Å². The SMILES string of the molecule is CC(C)(O)c1ccc(N2CCN(S(=O)(=O)c3cccs3)C[C@@H]2CNC2COC2)cc1.CC(C)(O)c1ccc(N2CCN(S(=O)(=O)c3cccs3)C[C@@H]2CNC2COC2)cc1. The lowest BCUT2D eigenvalue weighted by molar-refractivity contribution is -0.00582. The molecule has 0 bridgehead atoms. The second kappa shape index (κ2) is 18.8. The van der Waals surface area contributed by atoms with Crippen LogP contribution in [0.3, 0.4) is 0 Å². The van der Waals surface area contributed by atoms with Crippen LogP contribution in [0.25, 0.3) is 0 Å². The summed E-state index contributed by atoms with van der Waals surface area (Å²) < 4.78 is 66.7. The Hall–Kier alpha value is -2.98. The van der Waals surface area contributed by atoms with Crippen LogP contribution in [0.5, 0.6) is 0 Å². The molecule has 4 aliphatic heterocycles. The van der Waals surface area contributed by atoms with Crippen LogP contribution in [-0.4, -0.2) is 139 Å². The Morgan fingerprint density at radius 1 is 0.600 bits per heavy atom. The number of anilines is 2. The molecule has 0 spiro atoms. The molecule has 4 aromatic rings. The van der Waals surface area contributed by atoms with Crippen molar-refractivity contribution in [2.45, 2.75) is 71.5 Å². The zero-order valence-electron chi connectivity index (χ0n) is 34.6. The van der Waals surface area contributed by atoms with E-state index < -0.39 is 31.2 Å². The Labute approximate surface area is 362 Å². The van der Waals surface area contributed by atoms with Crippen LogP contribution < -0.4 is 20.4 Å². The molecule has 0 unspecified atom stereocenters. The number of ether oxygens (including phenoxy) is 2. The number of sulfonamides is 2. The van der Waals surface area contributed by atoms with E-state index >= 15 is 0 Å². The molecule has 0 radical (unpaired) electrons. The monoisotopic (exact) mass is 902 g/mol. The average molecular weight is 903 g/mol. The Morgan fingerprint density at radius 3 is 1.25 bits per heavy atom. The fourth-order valence-electron chi connectivity index (χ4n) is 7.63. The van der Waals surface area contributed by atoms with Crippen LogP contribution in [0, 0.1) is 0 Å². The lowest BCUT2D eigenvalue weighted by Gasteiger charge is -2.43. The summed E-state index contributed by atoms with van der Waals surface area (Å²) in [6.45, 7) is 14.2. The van der Waals surface area contributed by atoms with E-state index in [2.05, 4.69) is 20.4 Å².